The number of hydrogen-bond donors (Lipinski definition) is 1. The van der Waals surface area contributed by atoms with Crippen LogP contribution in [0.1, 0.15) is 6.42 Å². The van der Waals surface area contributed by atoms with Crippen LogP contribution in [0.5, 0.6) is 0 Å². The molecule has 0 radical (unpaired) electrons. The molecule has 0 spiro atoms. The fourth-order valence-electron chi connectivity index (χ4n) is 2.70. The number of fused-ring (bicyclic) bond motifs is 1. The molecule has 0 amide bonds. The summed E-state index contributed by atoms with van der Waals surface area (Å²) >= 11 is 0. The molecule has 1 atom stereocenters. The predicted octanol–water partition coefficient (Wildman–Crippen LogP) is 3.43. The Kier molecular flexibility index (Phi) is 5.39. The highest BCUT2D eigenvalue weighted by molar-refractivity contribution is 8.30. The van der Waals surface area contributed by atoms with Gasteiger partial charge in [-0.3, -0.25) is 4.98 Å². The lowest BCUT2D eigenvalue weighted by molar-refractivity contribution is 0.376. The second-order valence-corrected chi connectivity index (χ2v) is 7.85. The van der Waals surface area contributed by atoms with Gasteiger partial charge in [0.25, 0.3) is 0 Å². The van der Waals surface area contributed by atoms with E-state index in [1.54, 1.807) is 6.20 Å². The molecule has 114 valence electrons. The molecule has 1 saturated heterocycles. The van der Waals surface area contributed by atoms with E-state index in [2.05, 4.69) is 21.7 Å². The van der Waals surface area contributed by atoms with Crippen molar-refractivity contribution in [2.75, 3.05) is 24.6 Å². The van der Waals surface area contributed by atoms with E-state index in [1.807, 2.05) is 24.4 Å². The highest BCUT2D eigenvalue weighted by Gasteiger charge is 2.32. The van der Waals surface area contributed by atoms with Gasteiger partial charge in [0, 0.05) is 40.7 Å². The summed E-state index contributed by atoms with van der Waals surface area (Å²) in [6.45, 7) is 1.82. The normalized spacial score (nSPS) is 25.1. The Labute approximate surface area is 131 Å². The van der Waals surface area contributed by atoms with Crippen LogP contribution in [-0.4, -0.2) is 29.6 Å². The third-order valence-electron chi connectivity index (χ3n) is 3.65. The summed E-state index contributed by atoms with van der Waals surface area (Å²) < 4.78 is 5.44. The van der Waals surface area contributed by atoms with Crippen molar-refractivity contribution in [3.05, 3.63) is 41.6 Å². The molecule has 7 heteroatoms. The summed E-state index contributed by atoms with van der Waals surface area (Å²) in [6, 6.07) is 8.09. The molecule has 21 heavy (non-hydrogen) atoms. The van der Waals surface area contributed by atoms with E-state index in [0.29, 0.717) is 0 Å². The van der Waals surface area contributed by atoms with Gasteiger partial charge in [-0.2, -0.15) is 0 Å². The zero-order valence-corrected chi connectivity index (χ0v) is 13.2. The minimum Gasteiger partial charge on any atom is -0.316 e. The van der Waals surface area contributed by atoms with E-state index >= 15 is 0 Å². The van der Waals surface area contributed by atoms with Crippen LogP contribution in [-0.2, 0) is 4.28 Å². The first-order valence-electron chi connectivity index (χ1n) is 6.69. The number of halogens is 1. The molecule has 0 bridgehead atoms. The Morgan fingerprint density at radius 2 is 2.14 bits per heavy atom. The molecule has 0 saturated carbocycles. The third kappa shape index (κ3) is 3.12. The van der Waals surface area contributed by atoms with Crippen molar-refractivity contribution < 1.29 is 4.28 Å². The van der Waals surface area contributed by atoms with Crippen molar-refractivity contribution in [1.29, 1.82) is 0 Å². The molecule has 1 N–H and O–H groups in total. The van der Waals surface area contributed by atoms with Crippen LogP contribution in [0.15, 0.2) is 46.9 Å². The highest BCUT2D eigenvalue weighted by atomic mass is 35.5. The smallest absolute Gasteiger partial charge is 0.167 e. The second kappa shape index (κ2) is 7.06. The molecule has 5 nitrogen and oxygen atoms in total. The van der Waals surface area contributed by atoms with Crippen LogP contribution < -0.4 is 5.32 Å². The first-order valence-corrected chi connectivity index (χ1v) is 8.59. The number of nitrogens with one attached hydrogen (secondary N) is 1. The molecule has 2 heterocycles. The van der Waals surface area contributed by atoms with Crippen LogP contribution in [0, 0.1) is 4.91 Å². The molecular weight excluding hydrogens is 310 g/mol. The lowest BCUT2D eigenvalue weighted by atomic mass is 10.2. The van der Waals surface area contributed by atoms with Gasteiger partial charge in [-0.15, -0.1) is 17.3 Å². The van der Waals surface area contributed by atoms with Crippen molar-refractivity contribution in [2.45, 2.75) is 11.3 Å². The molecule has 1 unspecified atom stereocenters. The van der Waals surface area contributed by atoms with Crippen LogP contribution in [0.25, 0.3) is 10.8 Å². The summed E-state index contributed by atoms with van der Waals surface area (Å²) in [6.07, 6.45) is 4.61. The first kappa shape index (κ1) is 16.0. The molecular formula is C14H18ClN3O2S. The number of nitrogens with zero attached hydrogens (tertiary/aromatic N) is 2. The topological polar surface area (TPSA) is 63.6 Å². The molecule has 2 aromatic rings. The van der Waals surface area contributed by atoms with Crippen molar-refractivity contribution in [3.8, 4) is 0 Å². The van der Waals surface area contributed by atoms with Crippen molar-refractivity contribution in [1.82, 2.24) is 10.3 Å². The summed E-state index contributed by atoms with van der Waals surface area (Å²) in [5, 5.41) is 8.35. The van der Waals surface area contributed by atoms with E-state index in [1.165, 1.54) is 0 Å². The van der Waals surface area contributed by atoms with Crippen LogP contribution >= 0.6 is 22.7 Å². The van der Waals surface area contributed by atoms with Gasteiger partial charge in [-0.05, 0) is 40.8 Å². The van der Waals surface area contributed by atoms with E-state index in [4.69, 9.17) is 4.28 Å². The Morgan fingerprint density at radius 1 is 1.24 bits per heavy atom. The fraction of sp³-hybridized carbons (Fsp3) is 0.357. The third-order valence-corrected chi connectivity index (χ3v) is 6.97. The van der Waals surface area contributed by atoms with Crippen LogP contribution in [0.2, 0.25) is 0 Å². The average molecular weight is 328 g/mol. The van der Waals surface area contributed by atoms with E-state index in [-0.39, 0.29) is 12.4 Å². The molecule has 3 rings (SSSR count). The lowest BCUT2D eigenvalue weighted by Gasteiger charge is -2.35. The summed E-state index contributed by atoms with van der Waals surface area (Å²) in [4.78, 5) is 16.1. The van der Waals surface area contributed by atoms with Gasteiger partial charge in [0.2, 0.25) is 0 Å². The van der Waals surface area contributed by atoms with Crippen molar-refractivity contribution in [3.63, 3.8) is 0 Å². The van der Waals surface area contributed by atoms with Gasteiger partial charge in [0.1, 0.15) is 0 Å². The fourth-order valence-corrected chi connectivity index (χ4v) is 5.69. The maximum atomic E-state index is 10.8. The maximum Gasteiger partial charge on any atom is 0.167 e. The summed E-state index contributed by atoms with van der Waals surface area (Å²) in [7, 11) is -1.66. The highest BCUT2D eigenvalue weighted by Crippen LogP contribution is 2.59. The van der Waals surface area contributed by atoms with E-state index < -0.39 is 10.3 Å². The number of rotatable bonds is 3. The Hall–Kier alpha value is -1.37. The monoisotopic (exact) mass is 327 g/mol. The second-order valence-electron chi connectivity index (χ2n) is 4.83. The Morgan fingerprint density at radius 3 is 3.00 bits per heavy atom. The zero-order valence-electron chi connectivity index (χ0n) is 11.5. The number of hydrogen-bond acceptors (Lipinski definition) is 5. The molecule has 1 fully saturated rings. The van der Waals surface area contributed by atoms with E-state index in [0.717, 1.165) is 46.7 Å². The van der Waals surface area contributed by atoms with Gasteiger partial charge >= 0.3 is 0 Å². The van der Waals surface area contributed by atoms with E-state index in [9.17, 15) is 4.91 Å². The molecule has 0 aliphatic carbocycles. The van der Waals surface area contributed by atoms with Crippen LogP contribution in [0.4, 0.5) is 0 Å². The molecule has 1 aliphatic heterocycles. The minimum absolute atomic E-state index is 0. The van der Waals surface area contributed by atoms with Gasteiger partial charge in [0.15, 0.2) is 5.34 Å². The summed E-state index contributed by atoms with van der Waals surface area (Å²) in [5.41, 5.74) is 0. The SMILES string of the molecule is Cl.O=NOS1(c2cccc3cnccc23)CCCNCC1. The largest absolute Gasteiger partial charge is 0.316 e. The Bertz CT molecular complexity index is 613. The first-order chi connectivity index (χ1) is 9.86. The number of pyridine rings is 1. The van der Waals surface area contributed by atoms with Gasteiger partial charge in [-0.25, -0.2) is 0 Å². The Balaban J connectivity index is 0.00000161. The van der Waals surface area contributed by atoms with Crippen molar-refractivity contribution in [2.24, 2.45) is 5.34 Å². The summed E-state index contributed by atoms with van der Waals surface area (Å²) in [5.74, 6) is 1.69. The van der Waals surface area contributed by atoms with Gasteiger partial charge in [0.05, 0.1) is 0 Å². The molecule has 1 aromatic heterocycles. The quantitative estimate of drug-likeness (QED) is 0.693. The standard InChI is InChI=1S/C14H17N3O2S.ClH/c18-17-19-20(9-2-6-15-8-10-20)14-4-1-3-12-11-16-7-5-13(12)14;/h1,3-5,7,11,15H,2,6,8-10H2;1H. The predicted molar refractivity (Wildman–Crippen MR) is 88.9 cm³/mol. The lowest BCUT2D eigenvalue weighted by Crippen LogP contribution is -2.18. The zero-order chi connectivity index (χ0) is 13.8. The minimum atomic E-state index is -1.66. The van der Waals surface area contributed by atoms with Crippen molar-refractivity contribution >= 4 is 33.5 Å². The van der Waals surface area contributed by atoms with Crippen LogP contribution in [0.3, 0.4) is 0 Å². The molecule has 1 aromatic carbocycles. The maximum absolute atomic E-state index is 10.8. The number of benzene rings is 1. The average Bonchev–Trinajstić information content (AvgIpc) is 2.73. The number of aromatic nitrogens is 1. The van der Waals surface area contributed by atoms with Gasteiger partial charge < -0.3 is 9.60 Å². The molecule has 1 aliphatic rings. The van der Waals surface area contributed by atoms with Gasteiger partial charge in [-0.1, -0.05) is 12.1 Å².